The number of hydrogen-bond donors (Lipinski definition) is 1. The molecule has 1 aromatic rings. The molecule has 0 amide bonds. The maximum atomic E-state index is 9.28. The topological polar surface area (TPSA) is 35.8 Å². The largest absolute Gasteiger partial charge is 0.368 e. The van der Waals surface area contributed by atoms with E-state index in [9.17, 15) is 5.26 Å². The van der Waals surface area contributed by atoms with Crippen LogP contribution in [0.25, 0.3) is 0 Å². The summed E-state index contributed by atoms with van der Waals surface area (Å²) in [6, 6.07) is 10.3. The third-order valence-corrected chi connectivity index (χ3v) is 3.32. The van der Waals surface area contributed by atoms with E-state index in [4.69, 9.17) is 0 Å². The monoisotopic (exact) mass is 294 g/mol. The number of nitrogens with zero attached hydrogens (tertiary/aromatic N) is 1. The van der Waals surface area contributed by atoms with Crippen molar-refractivity contribution in [3.63, 3.8) is 0 Å². The van der Waals surface area contributed by atoms with Crippen LogP contribution in [0.1, 0.15) is 39.5 Å². The standard InChI is InChI=1S/C14H19BrN2/c1-3-4-5-10-14(2,11-16)17-13-8-6-12(15)7-9-13/h6-9,17H,3-5,10H2,1-2H3. The number of benzene rings is 1. The Balaban J connectivity index is 2.62. The molecule has 2 nitrogen and oxygen atoms in total. The van der Waals surface area contributed by atoms with Crippen molar-refractivity contribution in [3.8, 4) is 6.07 Å². The molecule has 92 valence electrons. The number of anilines is 1. The van der Waals surface area contributed by atoms with Gasteiger partial charge in [0.25, 0.3) is 0 Å². The predicted molar refractivity (Wildman–Crippen MR) is 75.9 cm³/mol. The normalized spacial score (nSPS) is 13.8. The van der Waals surface area contributed by atoms with Crippen LogP contribution in [-0.2, 0) is 0 Å². The summed E-state index contributed by atoms with van der Waals surface area (Å²) < 4.78 is 1.05. The fourth-order valence-corrected chi connectivity index (χ4v) is 1.99. The quantitative estimate of drug-likeness (QED) is 0.770. The molecule has 3 heteroatoms. The second-order valence-corrected chi connectivity index (χ2v) is 5.45. The molecule has 0 spiro atoms. The highest BCUT2D eigenvalue weighted by Gasteiger charge is 2.22. The van der Waals surface area contributed by atoms with Crippen LogP contribution in [0.2, 0.25) is 0 Å². The van der Waals surface area contributed by atoms with Crippen molar-refractivity contribution in [2.45, 2.75) is 45.1 Å². The SMILES string of the molecule is CCCCCC(C)(C#N)Nc1ccc(Br)cc1. The highest BCUT2D eigenvalue weighted by Crippen LogP contribution is 2.22. The van der Waals surface area contributed by atoms with E-state index in [-0.39, 0.29) is 0 Å². The number of halogens is 1. The van der Waals surface area contributed by atoms with Gasteiger partial charge in [-0.25, -0.2) is 0 Å². The first-order valence-corrected chi connectivity index (χ1v) is 6.84. The lowest BCUT2D eigenvalue weighted by molar-refractivity contribution is 0.538. The number of nitriles is 1. The Morgan fingerprint density at radius 3 is 2.47 bits per heavy atom. The third kappa shape index (κ3) is 4.79. The molecule has 0 saturated heterocycles. The Morgan fingerprint density at radius 2 is 1.94 bits per heavy atom. The molecule has 1 aromatic carbocycles. The van der Waals surface area contributed by atoms with Crippen LogP contribution in [0.4, 0.5) is 5.69 Å². The zero-order valence-corrected chi connectivity index (χ0v) is 12.0. The Kier molecular flexibility index (Phi) is 5.50. The van der Waals surface area contributed by atoms with Crippen molar-refractivity contribution >= 4 is 21.6 Å². The fraction of sp³-hybridized carbons (Fsp3) is 0.500. The Bertz CT molecular complexity index is 380. The molecule has 1 rings (SSSR count). The van der Waals surface area contributed by atoms with E-state index in [0.29, 0.717) is 0 Å². The molecule has 0 aliphatic rings. The van der Waals surface area contributed by atoms with Gasteiger partial charge < -0.3 is 5.32 Å². The fourth-order valence-electron chi connectivity index (χ4n) is 1.73. The van der Waals surface area contributed by atoms with Gasteiger partial charge in [-0.15, -0.1) is 0 Å². The molecule has 0 radical (unpaired) electrons. The molecule has 0 aliphatic carbocycles. The first-order chi connectivity index (χ1) is 8.09. The number of hydrogen-bond acceptors (Lipinski definition) is 2. The van der Waals surface area contributed by atoms with Crippen LogP contribution in [0.15, 0.2) is 28.7 Å². The van der Waals surface area contributed by atoms with Crippen LogP contribution < -0.4 is 5.32 Å². The molecule has 17 heavy (non-hydrogen) atoms. The summed E-state index contributed by atoms with van der Waals surface area (Å²) in [6.07, 6.45) is 4.33. The van der Waals surface area contributed by atoms with Crippen LogP contribution in [0.3, 0.4) is 0 Å². The van der Waals surface area contributed by atoms with Crippen molar-refractivity contribution in [1.82, 2.24) is 0 Å². The van der Waals surface area contributed by atoms with Crippen molar-refractivity contribution in [2.24, 2.45) is 0 Å². The molecule has 1 N–H and O–H groups in total. The van der Waals surface area contributed by atoms with E-state index in [2.05, 4.69) is 34.2 Å². The van der Waals surface area contributed by atoms with Crippen molar-refractivity contribution in [3.05, 3.63) is 28.7 Å². The second kappa shape index (κ2) is 6.66. The summed E-state index contributed by atoms with van der Waals surface area (Å²) in [6.45, 7) is 4.14. The zero-order chi connectivity index (χ0) is 12.7. The molecule has 0 aromatic heterocycles. The summed E-state index contributed by atoms with van der Waals surface area (Å²) in [5, 5.41) is 12.6. The summed E-state index contributed by atoms with van der Waals surface area (Å²) in [4.78, 5) is 0. The van der Waals surface area contributed by atoms with Gasteiger partial charge in [-0.05, 0) is 37.6 Å². The van der Waals surface area contributed by atoms with Crippen LogP contribution in [-0.4, -0.2) is 5.54 Å². The van der Waals surface area contributed by atoms with Gasteiger partial charge in [0.05, 0.1) is 6.07 Å². The average molecular weight is 295 g/mol. The molecule has 1 unspecified atom stereocenters. The Hall–Kier alpha value is -1.01. The third-order valence-electron chi connectivity index (χ3n) is 2.79. The lowest BCUT2D eigenvalue weighted by atomic mass is 9.95. The summed E-state index contributed by atoms with van der Waals surface area (Å²) in [7, 11) is 0. The van der Waals surface area contributed by atoms with E-state index in [1.807, 2.05) is 31.2 Å². The molecular weight excluding hydrogens is 276 g/mol. The highest BCUT2D eigenvalue weighted by atomic mass is 79.9. The molecule has 0 aliphatic heterocycles. The summed E-state index contributed by atoms with van der Waals surface area (Å²) in [5.41, 5.74) is 0.525. The Labute approximate surface area is 112 Å². The van der Waals surface area contributed by atoms with Gasteiger partial charge in [-0.2, -0.15) is 5.26 Å². The minimum Gasteiger partial charge on any atom is -0.368 e. The van der Waals surface area contributed by atoms with Gasteiger partial charge in [-0.1, -0.05) is 42.1 Å². The van der Waals surface area contributed by atoms with Gasteiger partial charge in [0.15, 0.2) is 0 Å². The smallest absolute Gasteiger partial charge is 0.122 e. The number of nitrogens with one attached hydrogen (secondary N) is 1. The van der Waals surface area contributed by atoms with E-state index in [0.717, 1.165) is 23.0 Å². The number of rotatable bonds is 6. The first-order valence-electron chi connectivity index (χ1n) is 6.04. The molecule has 0 bridgehead atoms. The summed E-state index contributed by atoms with van der Waals surface area (Å²) >= 11 is 3.40. The minimum atomic E-state index is -0.469. The van der Waals surface area contributed by atoms with E-state index >= 15 is 0 Å². The number of unbranched alkanes of at least 4 members (excludes halogenated alkanes) is 2. The van der Waals surface area contributed by atoms with E-state index in [1.54, 1.807) is 0 Å². The van der Waals surface area contributed by atoms with Crippen molar-refractivity contribution in [1.29, 1.82) is 5.26 Å². The van der Waals surface area contributed by atoms with E-state index < -0.39 is 5.54 Å². The summed E-state index contributed by atoms with van der Waals surface area (Å²) in [5.74, 6) is 0. The molecule has 0 heterocycles. The molecular formula is C14H19BrN2. The van der Waals surface area contributed by atoms with Gasteiger partial charge >= 0.3 is 0 Å². The second-order valence-electron chi connectivity index (χ2n) is 4.53. The molecule has 0 saturated carbocycles. The zero-order valence-electron chi connectivity index (χ0n) is 10.5. The minimum absolute atomic E-state index is 0.469. The van der Waals surface area contributed by atoms with Crippen LogP contribution >= 0.6 is 15.9 Å². The molecule has 1 atom stereocenters. The van der Waals surface area contributed by atoms with Gasteiger partial charge in [0, 0.05) is 10.2 Å². The molecule has 0 fully saturated rings. The average Bonchev–Trinajstić information content (AvgIpc) is 2.33. The first kappa shape index (κ1) is 14.1. The lowest BCUT2D eigenvalue weighted by Crippen LogP contribution is -2.32. The van der Waals surface area contributed by atoms with Crippen molar-refractivity contribution < 1.29 is 0 Å². The van der Waals surface area contributed by atoms with Crippen LogP contribution in [0.5, 0.6) is 0 Å². The van der Waals surface area contributed by atoms with Crippen molar-refractivity contribution in [2.75, 3.05) is 5.32 Å². The lowest BCUT2D eigenvalue weighted by Gasteiger charge is -2.24. The van der Waals surface area contributed by atoms with Gasteiger partial charge in [0.2, 0.25) is 0 Å². The maximum absolute atomic E-state index is 9.28. The highest BCUT2D eigenvalue weighted by molar-refractivity contribution is 9.10. The van der Waals surface area contributed by atoms with E-state index in [1.165, 1.54) is 12.8 Å². The predicted octanol–water partition coefficient (Wildman–Crippen LogP) is 4.72. The Morgan fingerprint density at radius 1 is 1.29 bits per heavy atom. The van der Waals surface area contributed by atoms with Gasteiger partial charge in [0.1, 0.15) is 5.54 Å². The maximum Gasteiger partial charge on any atom is 0.122 e. The van der Waals surface area contributed by atoms with Gasteiger partial charge in [-0.3, -0.25) is 0 Å². The van der Waals surface area contributed by atoms with Crippen LogP contribution in [0, 0.1) is 11.3 Å².